The summed E-state index contributed by atoms with van der Waals surface area (Å²) in [5.41, 5.74) is -1.40. The van der Waals surface area contributed by atoms with Gasteiger partial charge < -0.3 is 24.7 Å². The summed E-state index contributed by atoms with van der Waals surface area (Å²) in [5, 5.41) is 28.8. The Morgan fingerprint density at radius 1 is 1.24 bits per heavy atom. The first-order valence-electron chi connectivity index (χ1n) is 8.39. The van der Waals surface area contributed by atoms with E-state index in [0.717, 1.165) is 6.42 Å². The number of hydrogen-bond acceptors (Lipinski definition) is 5. The van der Waals surface area contributed by atoms with Crippen LogP contribution in [-0.4, -0.2) is 52.7 Å². The first-order valence-corrected chi connectivity index (χ1v) is 8.39. The highest BCUT2D eigenvalue weighted by atomic mass is 16.5. The Bertz CT molecular complexity index is 579. The van der Waals surface area contributed by atoms with Crippen LogP contribution in [0.3, 0.4) is 0 Å². The maximum Gasteiger partial charge on any atom is 0.335 e. The van der Waals surface area contributed by atoms with E-state index in [1.54, 1.807) is 33.8 Å². The van der Waals surface area contributed by atoms with E-state index in [1.807, 2.05) is 6.92 Å². The van der Waals surface area contributed by atoms with E-state index in [1.165, 1.54) is 19.6 Å². The Labute approximate surface area is 150 Å². The van der Waals surface area contributed by atoms with Crippen LogP contribution in [0.2, 0.25) is 0 Å². The molecule has 0 aliphatic rings. The van der Waals surface area contributed by atoms with Gasteiger partial charge in [-0.1, -0.05) is 19.4 Å². The van der Waals surface area contributed by atoms with E-state index in [2.05, 4.69) is 0 Å². The molecule has 3 N–H and O–H groups in total. The summed E-state index contributed by atoms with van der Waals surface area (Å²) in [7, 11) is 1.41. The Hall–Kier alpha value is -1.57. The number of aliphatic hydroxyl groups is 2. The van der Waals surface area contributed by atoms with Crippen LogP contribution >= 0.6 is 0 Å². The summed E-state index contributed by atoms with van der Waals surface area (Å²) < 4.78 is 11.4. The van der Waals surface area contributed by atoms with Gasteiger partial charge in [0.05, 0.1) is 23.4 Å². The summed E-state index contributed by atoms with van der Waals surface area (Å²) in [6.07, 6.45) is 1.11. The lowest BCUT2D eigenvalue weighted by atomic mass is 9.82. The quantitative estimate of drug-likeness (QED) is 0.556. The fourth-order valence-electron chi connectivity index (χ4n) is 1.94. The smallest absolute Gasteiger partial charge is 0.335 e. The van der Waals surface area contributed by atoms with Gasteiger partial charge in [0.1, 0.15) is 11.9 Å². The molecule has 0 amide bonds. The molecule has 1 rings (SSSR count). The summed E-state index contributed by atoms with van der Waals surface area (Å²) >= 11 is 0. The zero-order valence-electron chi connectivity index (χ0n) is 15.6. The van der Waals surface area contributed by atoms with E-state index in [4.69, 9.17) is 9.39 Å². The molecule has 0 fully saturated rings. The van der Waals surface area contributed by atoms with Crippen molar-refractivity contribution in [3.63, 3.8) is 0 Å². The van der Waals surface area contributed by atoms with Crippen LogP contribution in [-0.2, 0) is 4.65 Å². The molecule has 0 heterocycles. The van der Waals surface area contributed by atoms with Crippen LogP contribution < -0.4 is 10.2 Å². The number of hydrogen-bond donors (Lipinski definition) is 3. The second kappa shape index (κ2) is 8.69. The molecule has 0 aliphatic carbocycles. The lowest BCUT2D eigenvalue weighted by Crippen LogP contribution is -2.49. The van der Waals surface area contributed by atoms with Crippen molar-refractivity contribution in [2.45, 2.75) is 64.8 Å². The predicted molar refractivity (Wildman–Crippen MR) is 96.7 cm³/mol. The SMILES string of the molecule is CCC[C@H](CO)Oc1cc([B]OC(C)(C)C(C)(C)O)cc(C(=O)O)c1. The fraction of sp³-hybridized carbons (Fsp3) is 0.611. The molecule has 0 aliphatic heterocycles. The fourth-order valence-corrected chi connectivity index (χ4v) is 1.94. The molecule has 139 valence electrons. The lowest BCUT2D eigenvalue weighted by molar-refractivity contribution is -0.0893. The molecule has 0 saturated heterocycles. The molecule has 1 radical (unpaired) electrons. The van der Waals surface area contributed by atoms with Crippen molar-refractivity contribution in [1.82, 2.24) is 0 Å². The first kappa shape index (κ1) is 21.5. The third-order valence-electron chi connectivity index (χ3n) is 4.26. The normalized spacial score (nSPS) is 13.4. The van der Waals surface area contributed by atoms with Gasteiger partial charge in [-0.25, -0.2) is 4.79 Å². The van der Waals surface area contributed by atoms with Gasteiger partial charge in [-0.2, -0.15) is 0 Å². The largest absolute Gasteiger partial charge is 0.488 e. The number of rotatable bonds is 10. The second-order valence-corrected chi connectivity index (χ2v) is 7.11. The Morgan fingerprint density at radius 3 is 2.36 bits per heavy atom. The predicted octanol–water partition coefficient (Wildman–Crippen LogP) is 1.74. The van der Waals surface area contributed by atoms with Gasteiger partial charge in [0.15, 0.2) is 0 Å². The van der Waals surface area contributed by atoms with E-state index in [0.29, 0.717) is 17.6 Å². The summed E-state index contributed by atoms with van der Waals surface area (Å²) in [4.78, 5) is 11.3. The van der Waals surface area contributed by atoms with Crippen LogP contribution in [0.5, 0.6) is 5.75 Å². The standard InChI is InChI=1S/C18H28BO6/c1-6-7-14(11-20)24-15-9-12(16(21)22)8-13(10-15)19-25-18(4,5)17(2,3)23/h8-10,14,20,23H,6-7,11H2,1-5H3,(H,21,22)/t14-/m1/s1. The van der Waals surface area contributed by atoms with E-state index < -0.39 is 23.3 Å². The minimum Gasteiger partial charge on any atom is -0.488 e. The maximum atomic E-state index is 11.3. The average Bonchev–Trinajstić information content (AvgIpc) is 2.51. The van der Waals surface area contributed by atoms with Crippen LogP contribution in [0.25, 0.3) is 0 Å². The Balaban J connectivity index is 3.01. The van der Waals surface area contributed by atoms with Crippen LogP contribution in [0.1, 0.15) is 57.8 Å². The number of benzene rings is 1. The minimum absolute atomic E-state index is 0.0570. The molecule has 7 heteroatoms. The molecular weight excluding hydrogens is 323 g/mol. The van der Waals surface area contributed by atoms with Crippen LogP contribution in [0.15, 0.2) is 18.2 Å². The molecule has 1 atom stereocenters. The summed E-state index contributed by atoms with van der Waals surface area (Å²) in [5.74, 6) is -0.735. The number of carbonyl (C=O) groups is 1. The van der Waals surface area contributed by atoms with Gasteiger partial charge in [0, 0.05) is 0 Å². The Kier molecular flexibility index (Phi) is 7.47. The van der Waals surface area contributed by atoms with Gasteiger partial charge in [-0.15, -0.1) is 0 Å². The van der Waals surface area contributed by atoms with Crippen LogP contribution in [0.4, 0.5) is 0 Å². The van der Waals surface area contributed by atoms with Crippen molar-refractivity contribution in [3.8, 4) is 5.75 Å². The van der Waals surface area contributed by atoms with Crippen molar-refractivity contribution < 1.29 is 29.5 Å². The number of aliphatic hydroxyl groups excluding tert-OH is 1. The molecular formula is C18H28BO6. The van der Waals surface area contributed by atoms with Gasteiger partial charge in [-0.05, 0) is 51.7 Å². The molecule has 0 unspecified atom stereocenters. The number of ether oxygens (including phenoxy) is 1. The number of carboxylic acids is 1. The van der Waals surface area contributed by atoms with Crippen LogP contribution in [0, 0.1) is 0 Å². The highest BCUT2D eigenvalue weighted by Gasteiger charge is 2.35. The minimum atomic E-state index is -1.09. The van der Waals surface area contributed by atoms with Gasteiger partial charge in [-0.3, -0.25) is 0 Å². The van der Waals surface area contributed by atoms with Crippen molar-refractivity contribution in [2.24, 2.45) is 0 Å². The first-order chi connectivity index (χ1) is 11.5. The average molecular weight is 351 g/mol. The highest BCUT2D eigenvalue weighted by molar-refractivity contribution is 6.47. The number of carboxylic acid groups (broad SMARTS) is 1. The topological polar surface area (TPSA) is 96.2 Å². The van der Waals surface area contributed by atoms with Crippen molar-refractivity contribution in [3.05, 3.63) is 23.8 Å². The monoisotopic (exact) mass is 351 g/mol. The summed E-state index contributed by atoms with van der Waals surface area (Å²) in [6.45, 7) is 8.59. The van der Waals surface area contributed by atoms with Crippen molar-refractivity contribution >= 4 is 18.9 Å². The molecule has 0 bridgehead atoms. The molecule has 1 aromatic rings. The Morgan fingerprint density at radius 2 is 1.88 bits per heavy atom. The number of aromatic carboxylic acids is 1. The molecule has 6 nitrogen and oxygen atoms in total. The zero-order valence-corrected chi connectivity index (χ0v) is 15.6. The molecule has 0 saturated carbocycles. The second-order valence-electron chi connectivity index (χ2n) is 7.11. The zero-order chi connectivity index (χ0) is 19.3. The molecule has 0 spiro atoms. The lowest BCUT2D eigenvalue weighted by Gasteiger charge is -2.37. The molecule has 1 aromatic carbocycles. The van der Waals surface area contributed by atoms with Crippen molar-refractivity contribution in [2.75, 3.05) is 6.61 Å². The van der Waals surface area contributed by atoms with Gasteiger partial charge in [0.2, 0.25) is 0 Å². The highest BCUT2D eigenvalue weighted by Crippen LogP contribution is 2.24. The van der Waals surface area contributed by atoms with E-state index in [-0.39, 0.29) is 12.2 Å². The third-order valence-corrected chi connectivity index (χ3v) is 4.26. The molecule has 25 heavy (non-hydrogen) atoms. The van der Waals surface area contributed by atoms with Gasteiger partial charge in [0.25, 0.3) is 0 Å². The van der Waals surface area contributed by atoms with Crippen molar-refractivity contribution in [1.29, 1.82) is 0 Å². The molecule has 0 aromatic heterocycles. The van der Waals surface area contributed by atoms with E-state index >= 15 is 0 Å². The summed E-state index contributed by atoms with van der Waals surface area (Å²) in [6, 6.07) is 4.52. The van der Waals surface area contributed by atoms with Gasteiger partial charge >= 0.3 is 13.5 Å². The third kappa shape index (κ3) is 6.34. The van der Waals surface area contributed by atoms with E-state index in [9.17, 15) is 20.1 Å². The maximum absolute atomic E-state index is 11.3.